The molecule has 7 heteroatoms. The molecule has 0 aliphatic carbocycles. The van der Waals surface area contributed by atoms with Gasteiger partial charge in [-0.25, -0.2) is 13.4 Å². The van der Waals surface area contributed by atoms with Crippen molar-refractivity contribution in [3.8, 4) is 0 Å². The van der Waals surface area contributed by atoms with E-state index in [1.54, 1.807) is 12.3 Å². The van der Waals surface area contributed by atoms with E-state index in [9.17, 15) is 8.42 Å². The van der Waals surface area contributed by atoms with Gasteiger partial charge in [0.25, 0.3) is 0 Å². The van der Waals surface area contributed by atoms with Crippen LogP contribution in [0.5, 0.6) is 0 Å². The molecule has 15 heavy (non-hydrogen) atoms. The van der Waals surface area contributed by atoms with Gasteiger partial charge in [0.05, 0.1) is 11.4 Å². The highest BCUT2D eigenvalue weighted by Crippen LogP contribution is 2.16. The summed E-state index contributed by atoms with van der Waals surface area (Å²) in [5.74, 6) is 0.0200. The average Bonchev–Trinajstić information content (AvgIpc) is 2.50. The maximum Gasteiger partial charge on any atom is 0.234 e. The fraction of sp³-hybridized carbons (Fsp3) is 0.625. The van der Waals surface area contributed by atoms with Crippen LogP contribution >= 0.6 is 11.3 Å². The van der Waals surface area contributed by atoms with Gasteiger partial charge in [-0.15, -0.1) is 11.3 Å². The first-order chi connectivity index (χ1) is 7.03. The third kappa shape index (κ3) is 4.59. The van der Waals surface area contributed by atoms with Gasteiger partial charge in [0.1, 0.15) is 0 Å². The molecule has 86 valence electrons. The molecule has 1 rings (SSSR count). The van der Waals surface area contributed by atoms with Crippen LogP contribution in [0.2, 0.25) is 0 Å². The van der Waals surface area contributed by atoms with Crippen LogP contribution in [0.4, 0.5) is 5.13 Å². The van der Waals surface area contributed by atoms with Crippen LogP contribution in [0.15, 0.2) is 5.38 Å². The summed E-state index contributed by atoms with van der Waals surface area (Å²) in [5, 5.41) is 10.7. The van der Waals surface area contributed by atoms with E-state index in [1.807, 2.05) is 0 Å². The smallest absolute Gasteiger partial charge is 0.234 e. The Kier molecular flexibility index (Phi) is 4.49. The summed E-state index contributed by atoms with van der Waals surface area (Å²) < 4.78 is 25.3. The molecule has 0 spiro atoms. The van der Waals surface area contributed by atoms with Crippen LogP contribution in [0.3, 0.4) is 0 Å². The number of aliphatic hydroxyl groups is 1. The molecule has 1 aromatic heterocycles. The Bertz CT molecular complexity index is 400. The number of anilines is 1. The zero-order valence-corrected chi connectivity index (χ0v) is 10.1. The van der Waals surface area contributed by atoms with E-state index in [0.717, 1.165) is 5.69 Å². The molecule has 0 saturated carbocycles. The Morgan fingerprint density at radius 3 is 2.80 bits per heavy atom. The zero-order valence-electron chi connectivity index (χ0n) is 8.43. The molecule has 0 saturated heterocycles. The predicted octanol–water partition coefficient (Wildman–Crippen LogP) is 0.966. The molecule has 0 aromatic carbocycles. The minimum atomic E-state index is -3.31. The maximum absolute atomic E-state index is 11.5. The Labute approximate surface area is 93.2 Å². The highest BCUT2D eigenvalue weighted by atomic mass is 32.2. The third-order valence-electron chi connectivity index (χ3n) is 1.68. The molecule has 1 aromatic rings. The van der Waals surface area contributed by atoms with Crippen molar-refractivity contribution in [2.45, 2.75) is 19.8 Å². The normalized spacial score (nSPS) is 11.6. The molecular weight excluding hydrogens is 236 g/mol. The lowest BCUT2D eigenvalue weighted by Gasteiger charge is -2.03. The Hall–Kier alpha value is -0.660. The summed E-state index contributed by atoms with van der Waals surface area (Å²) in [6.07, 6.45) is 0.952. The summed E-state index contributed by atoms with van der Waals surface area (Å²) in [4.78, 5) is 4.00. The van der Waals surface area contributed by atoms with Crippen LogP contribution in [-0.2, 0) is 10.0 Å². The number of nitrogens with zero attached hydrogens (tertiary/aromatic N) is 1. The fourth-order valence-corrected chi connectivity index (χ4v) is 3.09. The number of aliphatic hydroxyl groups excluding tert-OH is 1. The van der Waals surface area contributed by atoms with E-state index >= 15 is 0 Å². The van der Waals surface area contributed by atoms with Gasteiger partial charge in [0, 0.05) is 12.0 Å². The Morgan fingerprint density at radius 1 is 1.53 bits per heavy atom. The lowest BCUT2D eigenvalue weighted by Crippen LogP contribution is -2.16. The van der Waals surface area contributed by atoms with Crippen molar-refractivity contribution in [3.63, 3.8) is 0 Å². The second kappa shape index (κ2) is 5.43. The van der Waals surface area contributed by atoms with E-state index < -0.39 is 10.0 Å². The molecule has 0 atom stereocenters. The average molecular weight is 250 g/mol. The van der Waals surface area contributed by atoms with Crippen LogP contribution in [0.25, 0.3) is 0 Å². The lowest BCUT2D eigenvalue weighted by atomic mass is 10.4. The molecule has 0 unspecified atom stereocenters. The molecular formula is C8H14N2O3S2. The van der Waals surface area contributed by atoms with Crippen LogP contribution < -0.4 is 4.72 Å². The summed E-state index contributed by atoms with van der Waals surface area (Å²) >= 11 is 1.26. The van der Waals surface area contributed by atoms with Crippen molar-refractivity contribution in [2.24, 2.45) is 0 Å². The molecule has 0 aliphatic rings. The first kappa shape index (κ1) is 12.4. The quantitative estimate of drug-likeness (QED) is 0.737. The van der Waals surface area contributed by atoms with Crippen molar-refractivity contribution in [1.82, 2.24) is 4.98 Å². The highest BCUT2D eigenvalue weighted by Gasteiger charge is 2.11. The van der Waals surface area contributed by atoms with Gasteiger partial charge in [-0.3, -0.25) is 4.72 Å². The van der Waals surface area contributed by atoms with E-state index in [2.05, 4.69) is 9.71 Å². The number of nitrogens with one attached hydrogen (secondary N) is 1. The van der Waals surface area contributed by atoms with Gasteiger partial charge in [-0.1, -0.05) is 0 Å². The largest absolute Gasteiger partial charge is 0.396 e. The number of aryl methyl sites for hydroxylation is 1. The molecule has 0 fully saturated rings. The predicted molar refractivity (Wildman–Crippen MR) is 60.6 cm³/mol. The van der Waals surface area contributed by atoms with E-state index in [0.29, 0.717) is 18.0 Å². The highest BCUT2D eigenvalue weighted by molar-refractivity contribution is 7.92. The number of aromatic nitrogens is 1. The lowest BCUT2D eigenvalue weighted by molar-refractivity contribution is 0.287. The summed E-state index contributed by atoms with van der Waals surface area (Å²) in [6, 6.07) is 0. The zero-order chi connectivity index (χ0) is 11.3. The molecule has 0 bridgehead atoms. The first-order valence-corrected chi connectivity index (χ1v) is 7.10. The molecule has 1 heterocycles. The third-order valence-corrected chi connectivity index (χ3v) is 4.02. The summed E-state index contributed by atoms with van der Waals surface area (Å²) in [6.45, 7) is 1.83. The van der Waals surface area contributed by atoms with E-state index in [4.69, 9.17) is 5.11 Å². The Morgan fingerprint density at radius 2 is 2.27 bits per heavy atom. The molecule has 0 radical (unpaired) electrons. The van der Waals surface area contributed by atoms with Crippen molar-refractivity contribution in [3.05, 3.63) is 11.1 Å². The number of rotatable bonds is 6. The van der Waals surface area contributed by atoms with E-state index in [1.165, 1.54) is 11.3 Å². The van der Waals surface area contributed by atoms with Crippen molar-refractivity contribution in [1.29, 1.82) is 0 Å². The number of hydrogen-bond acceptors (Lipinski definition) is 5. The van der Waals surface area contributed by atoms with Crippen molar-refractivity contribution >= 4 is 26.5 Å². The molecule has 0 aliphatic heterocycles. The number of sulfonamides is 1. The van der Waals surface area contributed by atoms with Crippen LogP contribution in [0.1, 0.15) is 18.5 Å². The molecule has 0 amide bonds. The fourth-order valence-electron chi connectivity index (χ4n) is 0.989. The number of thiazole rings is 1. The van der Waals surface area contributed by atoms with E-state index in [-0.39, 0.29) is 12.4 Å². The summed E-state index contributed by atoms with van der Waals surface area (Å²) in [7, 11) is -3.31. The SMILES string of the molecule is Cc1csc(NS(=O)(=O)CCCCO)n1. The van der Waals surface area contributed by atoms with Gasteiger partial charge < -0.3 is 5.11 Å². The monoisotopic (exact) mass is 250 g/mol. The van der Waals surface area contributed by atoms with Crippen molar-refractivity contribution < 1.29 is 13.5 Å². The number of hydrogen-bond donors (Lipinski definition) is 2. The Balaban J connectivity index is 2.49. The van der Waals surface area contributed by atoms with Crippen LogP contribution in [0, 0.1) is 6.92 Å². The maximum atomic E-state index is 11.5. The van der Waals surface area contributed by atoms with Gasteiger partial charge >= 0.3 is 0 Å². The van der Waals surface area contributed by atoms with Crippen molar-refractivity contribution in [2.75, 3.05) is 17.1 Å². The van der Waals surface area contributed by atoms with Gasteiger partial charge in [-0.05, 0) is 19.8 Å². The standard InChI is InChI=1S/C8H14N2O3S2/c1-7-6-14-8(9-7)10-15(12,13)5-3-2-4-11/h6,11H,2-5H2,1H3,(H,9,10). The first-order valence-electron chi connectivity index (χ1n) is 4.57. The topological polar surface area (TPSA) is 79.3 Å². The van der Waals surface area contributed by atoms with Crippen LogP contribution in [-0.4, -0.2) is 30.9 Å². The van der Waals surface area contributed by atoms with Gasteiger partial charge in [0.2, 0.25) is 10.0 Å². The molecule has 2 N–H and O–H groups in total. The minimum absolute atomic E-state index is 0.0197. The van der Waals surface area contributed by atoms with Gasteiger partial charge in [-0.2, -0.15) is 0 Å². The summed E-state index contributed by atoms with van der Waals surface area (Å²) in [5.41, 5.74) is 0.799. The second-order valence-electron chi connectivity index (χ2n) is 3.15. The molecule has 5 nitrogen and oxygen atoms in total. The van der Waals surface area contributed by atoms with Gasteiger partial charge in [0.15, 0.2) is 5.13 Å². The number of unbranched alkanes of at least 4 members (excludes halogenated alkanes) is 1. The minimum Gasteiger partial charge on any atom is -0.396 e. The second-order valence-corrected chi connectivity index (χ2v) is 5.85.